The van der Waals surface area contributed by atoms with Gasteiger partial charge in [0.15, 0.2) is 12.3 Å². The van der Waals surface area contributed by atoms with Crippen LogP contribution in [0, 0.1) is 0 Å². The molecule has 2 heterocycles. The molecule has 0 saturated carbocycles. The van der Waals surface area contributed by atoms with Crippen molar-refractivity contribution in [2.45, 2.75) is 173 Å². The lowest BCUT2D eigenvalue weighted by molar-refractivity contribution is -0.161. The molecule has 1 saturated heterocycles. The van der Waals surface area contributed by atoms with Gasteiger partial charge >= 0.3 is 33.3 Å². The first-order valence-corrected chi connectivity index (χ1v) is 27.7. The number of hydrogen-bond acceptors (Lipinski definition) is 16. The predicted octanol–water partition coefficient (Wildman–Crippen LogP) is 8.86. The largest absolute Gasteiger partial charge is 0.481 e. The van der Waals surface area contributed by atoms with Crippen molar-refractivity contribution in [1.29, 1.82) is 0 Å². The molecule has 19 nitrogen and oxygen atoms in total. The molecule has 1 aromatic rings. The lowest BCUT2D eigenvalue weighted by atomic mass is 10.1. The minimum absolute atomic E-state index is 0.0218. The topological polar surface area (TPSA) is 286 Å². The Morgan fingerprint density at radius 2 is 1.25 bits per heavy atom. The highest BCUT2D eigenvalue weighted by Crippen LogP contribution is 2.60. The molecule has 1 aromatic heterocycles. The molecule has 8 atom stereocenters. The average Bonchev–Trinajstić information content (AvgIpc) is 3.61. The molecule has 2 unspecified atom stereocenters. The van der Waals surface area contributed by atoms with Gasteiger partial charge < -0.3 is 45.1 Å². The van der Waals surface area contributed by atoms with Gasteiger partial charge in [-0.25, -0.2) is 13.9 Å². The van der Waals surface area contributed by atoms with Crippen LogP contribution >= 0.6 is 15.6 Å². The third kappa shape index (κ3) is 30.5. The third-order valence-corrected chi connectivity index (χ3v) is 13.2. The molecule has 0 radical (unpaired) electrons. The number of nitrogens with zero attached hydrogens (tertiary/aromatic N) is 2. The summed E-state index contributed by atoms with van der Waals surface area (Å²) < 4.78 is 56.6. The molecule has 7 N–H and O–H groups in total. The molecule has 0 aromatic carbocycles. The number of unbranched alkanes of at least 4 members (excludes halogenated alkanes) is 6. The normalized spacial score (nSPS) is 20.3. The van der Waals surface area contributed by atoms with Crippen molar-refractivity contribution >= 4 is 33.4 Å². The molecule has 0 amide bonds. The maximum absolute atomic E-state index is 12.8. The van der Waals surface area contributed by atoms with Crippen molar-refractivity contribution in [2.75, 3.05) is 25.6 Å². The quantitative estimate of drug-likeness (QED) is 0.0155. The van der Waals surface area contributed by atoms with Gasteiger partial charge in [-0.3, -0.25) is 23.2 Å². The second-order valence-corrected chi connectivity index (χ2v) is 19.8. The van der Waals surface area contributed by atoms with Crippen molar-refractivity contribution in [3.8, 4) is 0 Å². The van der Waals surface area contributed by atoms with Crippen LogP contribution in [0.4, 0.5) is 5.82 Å². The smallest absolute Gasteiger partial charge is 0.462 e. The summed E-state index contributed by atoms with van der Waals surface area (Å²) >= 11 is 0. The molecule has 2 rings (SSSR count). The van der Waals surface area contributed by atoms with E-state index in [1.165, 1.54) is 25.3 Å². The van der Waals surface area contributed by atoms with E-state index in [1.807, 2.05) is 37.3 Å². The number of nitrogens with two attached hydrogens (primary N) is 1. The molecule has 0 spiro atoms. The molecular formula is C50H79N3O16P2. The molecular weight excluding hydrogens is 961 g/mol. The van der Waals surface area contributed by atoms with Crippen molar-refractivity contribution < 1.29 is 71.4 Å². The van der Waals surface area contributed by atoms with Crippen LogP contribution < -0.4 is 11.4 Å². The van der Waals surface area contributed by atoms with Crippen molar-refractivity contribution in [3.05, 3.63) is 108 Å². The molecule has 1 aliphatic rings. The zero-order chi connectivity index (χ0) is 52.2. The standard InChI is InChI=1S/C50H79N3O16P2/c1-3-5-6-7-8-9-10-11-12-17-20-23-26-29-32-35-46(56)67-42(38-64-45(55)34-31-28-25-22-19-16-14-13-15-18-21-24-27-30-33-41(54)4-2)39-65-70(60,61)69-71(62,63)66-40-43-47(57)48(58)49(68-43)53-37-36-44(51)52-50(53)59/h8-9,11-12,14-16,18,20,22-25,27,36-37,41-43,47-49,54,57-58H,3-7,10,13,17,19,21,26,28-35,38-40H2,1-2H3,(H,60,61)(H,62,63)(H2,51,52,59)/b9-8-,12-11-,16-14-,18-15-,23-20-,25-22-,27-24-/t41-,42+,43+,47+,48+,49+/m0/s1. The number of carbonyl (C=O) groups excluding carboxylic acids is 2. The lowest BCUT2D eigenvalue weighted by Crippen LogP contribution is -2.36. The first-order valence-electron chi connectivity index (χ1n) is 24.7. The molecule has 1 aliphatic heterocycles. The number of esters is 2. The lowest BCUT2D eigenvalue weighted by Gasteiger charge is -2.21. The van der Waals surface area contributed by atoms with Crippen LogP contribution in [0.2, 0.25) is 0 Å². The maximum atomic E-state index is 12.8. The van der Waals surface area contributed by atoms with E-state index in [2.05, 4.69) is 70.9 Å². The van der Waals surface area contributed by atoms with E-state index in [9.17, 15) is 48.6 Å². The number of aliphatic hydroxyl groups excluding tert-OH is 3. The number of anilines is 1. The van der Waals surface area contributed by atoms with Gasteiger partial charge in [0, 0.05) is 19.0 Å². The fourth-order valence-electron chi connectivity index (χ4n) is 6.58. The zero-order valence-electron chi connectivity index (χ0n) is 41.4. The van der Waals surface area contributed by atoms with Gasteiger partial charge in [0.25, 0.3) is 0 Å². The highest BCUT2D eigenvalue weighted by molar-refractivity contribution is 7.61. The van der Waals surface area contributed by atoms with Crippen LogP contribution in [0.1, 0.15) is 142 Å². The summed E-state index contributed by atoms with van der Waals surface area (Å²) in [5.41, 5.74) is 4.57. The number of rotatable bonds is 39. The van der Waals surface area contributed by atoms with Crippen LogP contribution in [0.25, 0.3) is 0 Å². The summed E-state index contributed by atoms with van der Waals surface area (Å²) in [6, 6.07) is 1.24. The number of carbonyl (C=O) groups is 2. The van der Waals surface area contributed by atoms with Gasteiger partial charge in [-0.15, -0.1) is 0 Å². The van der Waals surface area contributed by atoms with Crippen molar-refractivity contribution in [2.24, 2.45) is 0 Å². The number of phosphoric acid groups is 2. The van der Waals surface area contributed by atoms with Crippen LogP contribution in [-0.4, -0.2) is 96.9 Å². The second-order valence-electron chi connectivity index (χ2n) is 16.7. The fraction of sp³-hybridized carbons (Fsp3) is 0.600. The van der Waals surface area contributed by atoms with Crippen molar-refractivity contribution in [3.63, 3.8) is 0 Å². The fourth-order valence-corrected chi connectivity index (χ4v) is 8.70. The Kier molecular flexibility index (Phi) is 33.4. The highest BCUT2D eigenvalue weighted by atomic mass is 31.3. The van der Waals surface area contributed by atoms with E-state index in [4.69, 9.17) is 29.0 Å². The Labute approximate surface area is 419 Å². The Morgan fingerprint density at radius 1 is 0.732 bits per heavy atom. The average molecular weight is 1040 g/mol. The minimum Gasteiger partial charge on any atom is -0.462 e. The van der Waals surface area contributed by atoms with Gasteiger partial charge in [-0.1, -0.05) is 112 Å². The summed E-state index contributed by atoms with van der Waals surface area (Å²) in [7, 11) is -10.9. The van der Waals surface area contributed by atoms with Gasteiger partial charge in [-0.2, -0.15) is 9.29 Å². The number of nitrogen functional groups attached to an aromatic ring is 1. The van der Waals surface area contributed by atoms with E-state index in [1.54, 1.807) is 0 Å². The summed E-state index contributed by atoms with van der Waals surface area (Å²) in [4.78, 5) is 61.8. The molecule has 1 fully saturated rings. The van der Waals surface area contributed by atoms with E-state index in [0.29, 0.717) is 25.7 Å². The van der Waals surface area contributed by atoms with E-state index in [-0.39, 0.29) is 24.8 Å². The van der Waals surface area contributed by atoms with E-state index in [0.717, 1.165) is 75.0 Å². The number of phosphoric ester groups is 2. The summed E-state index contributed by atoms with van der Waals surface area (Å²) in [6.45, 7) is 1.73. The molecule has 71 heavy (non-hydrogen) atoms. The van der Waals surface area contributed by atoms with Crippen molar-refractivity contribution in [1.82, 2.24) is 9.55 Å². The number of aliphatic hydroxyl groups is 3. The van der Waals surface area contributed by atoms with Gasteiger partial charge in [0.1, 0.15) is 30.7 Å². The molecule has 21 heteroatoms. The summed E-state index contributed by atoms with van der Waals surface area (Å²) in [5, 5.41) is 30.5. The third-order valence-electron chi connectivity index (χ3n) is 10.6. The number of ether oxygens (including phenoxy) is 3. The second kappa shape index (κ2) is 37.6. The molecule has 0 aliphatic carbocycles. The maximum Gasteiger partial charge on any atom is 0.481 e. The van der Waals surface area contributed by atoms with Gasteiger partial charge in [0.05, 0.1) is 19.3 Å². The summed E-state index contributed by atoms with van der Waals surface area (Å²) in [5.74, 6) is -1.44. The highest BCUT2D eigenvalue weighted by Gasteiger charge is 2.46. The van der Waals surface area contributed by atoms with Crippen LogP contribution in [-0.2, 0) is 46.3 Å². The first kappa shape index (κ1) is 63.0. The summed E-state index contributed by atoms with van der Waals surface area (Å²) in [6.07, 6.45) is 36.2. The molecule has 400 valence electrons. The number of allylic oxidation sites excluding steroid dienone is 14. The van der Waals surface area contributed by atoms with E-state index < -0.39 is 83.7 Å². The number of aromatic nitrogens is 2. The van der Waals surface area contributed by atoms with Crippen LogP contribution in [0.5, 0.6) is 0 Å². The van der Waals surface area contributed by atoms with Gasteiger partial charge in [0.2, 0.25) is 0 Å². The Bertz CT molecular complexity index is 2040. The van der Waals surface area contributed by atoms with Crippen LogP contribution in [0.15, 0.2) is 102 Å². The zero-order valence-corrected chi connectivity index (χ0v) is 43.1. The Hall–Kier alpha value is -4.10. The Morgan fingerprint density at radius 3 is 1.82 bits per heavy atom. The number of hydrogen-bond donors (Lipinski definition) is 6. The SMILES string of the molecule is CCCCC/C=C\C/C=C\C/C=C\CCCCC(=O)O[C@H](COC(=O)CCC/C=C\C/C=C\C/C=C\C/C=C\CC[C@@H](O)CC)COP(=O)(O)OP(=O)(O)OC[C@H]1O[C@@H](n2ccc(N)nc2=O)[C@H](O)[C@@H]1O. The van der Waals surface area contributed by atoms with Gasteiger partial charge in [-0.05, 0) is 102 Å². The van der Waals surface area contributed by atoms with E-state index >= 15 is 0 Å². The minimum atomic E-state index is -5.45. The first-order chi connectivity index (χ1) is 34.1. The van der Waals surface area contributed by atoms with Crippen LogP contribution in [0.3, 0.4) is 0 Å². The predicted molar refractivity (Wildman–Crippen MR) is 271 cm³/mol. The Balaban J connectivity index is 1.86. The monoisotopic (exact) mass is 1040 g/mol. The molecule has 0 bridgehead atoms.